The van der Waals surface area contributed by atoms with Gasteiger partial charge in [-0.1, -0.05) is 11.6 Å². The van der Waals surface area contributed by atoms with Crippen LogP contribution in [0.2, 0.25) is 5.02 Å². The largest absolute Gasteiger partial charge is 0.445 e. The van der Waals surface area contributed by atoms with Crippen LogP contribution >= 0.6 is 11.6 Å². The molecule has 8 nitrogen and oxygen atoms in total. The maximum Gasteiger partial charge on any atom is 0.273 e. The molecule has 3 aromatic rings. The monoisotopic (exact) mass is 431 g/mol. The van der Waals surface area contributed by atoms with Crippen molar-refractivity contribution in [1.29, 1.82) is 5.26 Å². The number of amides is 1. The number of nitriles is 1. The number of carbonyl (C=O) groups excluding carboxylic acids is 1. The standard InChI is InChI=1S/C20H19ClFN5O3/c1-11(9-24-18(28)17-10-30-19(25-17)20(2,3)29)27-5-4-16(26-27)12-6-14(21)13(8-23)15(22)7-12/h4-7,10-11,29H,9H2,1-3H3,(H,24,28). The lowest BCUT2D eigenvalue weighted by molar-refractivity contribution is 0.0483. The summed E-state index contributed by atoms with van der Waals surface area (Å²) in [6.07, 6.45) is 2.88. The Morgan fingerprint density at radius 1 is 1.50 bits per heavy atom. The SMILES string of the molecule is CC(CNC(=O)c1coc(C(C)(C)O)n1)n1ccc(-c2cc(F)c(C#N)c(Cl)c2)n1. The van der Waals surface area contributed by atoms with Crippen LogP contribution in [0.1, 0.15) is 48.8 Å². The molecule has 0 aliphatic carbocycles. The van der Waals surface area contributed by atoms with Crippen LogP contribution in [0.4, 0.5) is 4.39 Å². The maximum absolute atomic E-state index is 14.0. The lowest BCUT2D eigenvalue weighted by Crippen LogP contribution is -2.30. The van der Waals surface area contributed by atoms with Gasteiger partial charge in [-0.25, -0.2) is 9.37 Å². The van der Waals surface area contributed by atoms with Gasteiger partial charge in [0.1, 0.15) is 29.3 Å². The van der Waals surface area contributed by atoms with Crippen LogP contribution in [0.3, 0.4) is 0 Å². The van der Waals surface area contributed by atoms with Gasteiger partial charge in [0.05, 0.1) is 16.8 Å². The highest BCUT2D eigenvalue weighted by atomic mass is 35.5. The van der Waals surface area contributed by atoms with E-state index >= 15 is 0 Å². The first-order valence-electron chi connectivity index (χ1n) is 9.01. The average Bonchev–Trinajstić information content (AvgIpc) is 3.35. The van der Waals surface area contributed by atoms with Crippen LogP contribution in [0.15, 0.2) is 35.1 Å². The second kappa shape index (κ2) is 8.26. The Morgan fingerprint density at radius 2 is 2.23 bits per heavy atom. The summed E-state index contributed by atoms with van der Waals surface area (Å²) >= 11 is 5.95. The summed E-state index contributed by atoms with van der Waals surface area (Å²) in [6, 6.07) is 5.86. The van der Waals surface area contributed by atoms with Gasteiger partial charge in [0.15, 0.2) is 5.69 Å². The maximum atomic E-state index is 14.0. The fourth-order valence-electron chi connectivity index (χ4n) is 2.65. The lowest BCUT2D eigenvalue weighted by Gasteiger charge is -2.13. The summed E-state index contributed by atoms with van der Waals surface area (Å²) in [4.78, 5) is 16.2. The van der Waals surface area contributed by atoms with Gasteiger partial charge >= 0.3 is 0 Å². The third-order valence-corrected chi connectivity index (χ3v) is 4.63. The minimum absolute atomic E-state index is 0.0143. The molecule has 1 atom stereocenters. The second-order valence-electron chi connectivity index (χ2n) is 7.26. The Hall–Kier alpha value is -3.22. The number of nitrogens with zero attached hydrogens (tertiary/aromatic N) is 4. The van der Waals surface area contributed by atoms with Gasteiger partial charge in [-0.05, 0) is 39.0 Å². The number of oxazole rings is 1. The topological polar surface area (TPSA) is 117 Å². The first-order chi connectivity index (χ1) is 14.1. The second-order valence-corrected chi connectivity index (χ2v) is 7.67. The van der Waals surface area contributed by atoms with E-state index in [4.69, 9.17) is 21.3 Å². The number of aliphatic hydroxyl groups is 1. The van der Waals surface area contributed by atoms with Gasteiger partial charge in [0, 0.05) is 18.3 Å². The van der Waals surface area contributed by atoms with E-state index < -0.39 is 17.3 Å². The van der Waals surface area contributed by atoms with Crippen LogP contribution in [-0.2, 0) is 5.60 Å². The number of nitrogens with one attached hydrogen (secondary N) is 1. The van der Waals surface area contributed by atoms with Crippen LogP contribution in [0.5, 0.6) is 0 Å². The fourth-order valence-corrected chi connectivity index (χ4v) is 2.90. The Kier molecular flexibility index (Phi) is 5.92. The Balaban J connectivity index is 1.67. The lowest BCUT2D eigenvalue weighted by atomic mass is 10.1. The van der Waals surface area contributed by atoms with E-state index in [1.54, 1.807) is 23.0 Å². The zero-order valence-electron chi connectivity index (χ0n) is 16.5. The molecule has 1 aromatic carbocycles. The normalized spacial score (nSPS) is 12.4. The van der Waals surface area contributed by atoms with Crippen molar-refractivity contribution >= 4 is 17.5 Å². The molecule has 0 spiro atoms. The molecule has 0 bridgehead atoms. The molecule has 1 unspecified atom stereocenters. The van der Waals surface area contributed by atoms with Gasteiger partial charge in [-0.15, -0.1) is 0 Å². The Labute approximate surface area is 176 Å². The summed E-state index contributed by atoms with van der Waals surface area (Å²) in [6.45, 7) is 5.09. The molecule has 30 heavy (non-hydrogen) atoms. The number of benzene rings is 1. The molecule has 2 aromatic heterocycles. The molecule has 1 amide bonds. The molecule has 156 valence electrons. The van der Waals surface area contributed by atoms with Crippen molar-refractivity contribution < 1.29 is 18.7 Å². The minimum atomic E-state index is -1.29. The van der Waals surface area contributed by atoms with Crippen LogP contribution in [0, 0.1) is 17.1 Å². The minimum Gasteiger partial charge on any atom is -0.445 e. The Morgan fingerprint density at radius 3 is 2.83 bits per heavy atom. The van der Waals surface area contributed by atoms with Crippen molar-refractivity contribution in [3.63, 3.8) is 0 Å². The number of hydrogen-bond acceptors (Lipinski definition) is 6. The highest BCUT2D eigenvalue weighted by Gasteiger charge is 2.24. The first-order valence-corrected chi connectivity index (χ1v) is 9.39. The molecule has 0 saturated heterocycles. The van der Waals surface area contributed by atoms with Crippen molar-refractivity contribution in [3.05, 3.63) is 58.6 Å². The van der Waals surface area contributed by atoms with Crippen LogP contribution in [-0.4, -0.2) is 32.3 Å². The van der Waals surface area contributed by atoms with Gasteiger partial charge in [-0.3, -0.25) is 9.48 Å². The molecule has 3 rings (SSSR count). The van der Waals surface area contributed by atoms with Gasteiger partial charge in [-0.2, -0.15) is 10.4 Å². The van der Waals surface area contributed by atoms with Crippen molar-refractivity contribution in [2.45, 2.75) is 32.4 Å². The van der Waals surface area contributed by atoms with E-state index in [1.165, 1.54) is 32.2 Å². The van der Waals surface area contributed by atoms with Crippen LogP contribution < -0.4 is 5.32 Å². The molecule has 10 heteroatoms. The highest BCUT2D eigenvalue weighted by Crippen LogP contribution is 2.27. The van der Waals surface area contributed by atoms with Crippen molar-refractivity contribution in [2.24, 2.45) is 0 Å². The van der Waals surface area contributed by atoms with Crippen molar-refractivity contribution in [2.75, 3.05) is 6.54 Å². The van der Waals surface area contributed by atoms with E-state index in [2.05, 4.69) is 15.4 Å². The van der Waals surface area contributed by atoms with Gasteiger partial charge in [0.25, 0.3) is 5.91 Å². The average molecular weight is 432 g/mol. The molecule has 0 fully saturated rings. The van der Waals surface area contributed by atoms with Crippen molar-refractivity contribution in [3.8, 4) is 17.3 Å². The molecule has 0 saturated carbocycles. The van der Waals surface area contributed by atoms with E-state index in [1.807, 2.05) is 6.92 Å². The molecule has 2 N–H and O–H groups in total. The van der Waals surface area contributed by atoms with E-state index in [0.717, 1.165) is 0 Å². The zero-order valence-corrected chi connectivity index (χ0v) is 17.2. The van der Waals surface area contributed by atoms with Gasteiger partial charge < -0.3 is 14.8 Å². The molecule has 0 radical (unpaired) electrons. The quantitative estimate of drug-likeness (QED) is 0.617. The molecule has 0 aliphatic rings. The number of rotatable bonds is 6. The summed E-state index contributed by atoms with van der Waals surface area (Å²) in [7, 11) is 0. The number of halogens is 2. The van der Waals surface area contributed by atoms with E-state index in [9.17, 15) is 14.3 Å². The molecular weight excluding hydrogens is 413 g/mol. The predicted molar refractivity (Wildman–Crippen MR) is 106 cm³/mol. The molecular formula is C20H19ClFN5O3. The predicted octanol–water partition coefficient (Wildman–Crippen LogP) is 3.42. The summed E-state index contributed by atoms with van der Waals surface area (Å²) < 4.78 is 20.7. The smallest absolute Gasteiger partial charge is 0.273 e. The summed E-state index contributed by atoms with van der Waals surface area (Å²) in [5.41, 5.74) is -0.525. The summed E-state index contributed by atoms with van der Waals surface area (Å²) in [5, 5.41) is 25.9. The fraction of sp³-hybridized carbons (Fsp3) is 0.300. The molecule has 0 aliphatic heterocycles. The number of aromatic nitrogens is 3. The van der Waals surface area contributed by atoms with Crippen LogP contribution in [0.25, 0.3) is 11.3 Å². The van der Waals surface area contributed by atoms with Crippen molar-refractivity contribution in [1.82, 2.24) is 20.1 Å². The number of carbonyl (C=O) groups is 1. The third-order valence-electron chi connectivity index (χ3n) is 4.33. The van der Waals surface area contributed by atoms with E-state index in [0.29, 0.717) is 11.3 Å². The first kappa shape index (κ1) is 21.5. The third kappa shape index (κ3) is 4.50. The van der Waals surface area contributed by atoms with Gasteiger partial charge in [0.2, 0.25) is 5.89 Å². The number of hydrogen-bond donors (Lipinski definition) is 2. The Bertz CT molecular complexity index is 1100. The molecule has 2 heterocycles. The zero-order chi connectivity index (χ0) is 22.1. The highest BCUT2D eigenvalue weighted by molar-refractivity contribution is 6.32. The van der Waals surface area contributed by atoms with E-state index in [-0.39, 0.29) is 34.8 Å². The summed E-state index contributed by atoms with van der Waals surface area (Å²) in [5.74, 6) is -1.12.